The molecule has 0 aromatic carbocycles. The number of likely N-dealkylation sites (N-methyl/N-ethyl adjacent to an activating group) is 1. The van der Waals surface area contributed by atoms with Crippen molar-refractivity contribution in [2.24, 2.45) is 5.84 Å². The standard InChI is InChI=1S/C6H15N3O/c1-3-4-9(7)5-6(10)8-2/h3-5,7H2,1-2H3,(H,8,10). The quantitative estimate of drug-likeness (QED) is 0.407. The third-order valence-corrected chi connectivity index (χ3v) is 1.14. The maximum Gasteiger partial charge on any atom is 0.235 e. The van der Waals surface area contributed by atoms with Crippen molar-refractivity contribution in [2.45, 2.75) is 13.3 Å². The molecular formula is C6H15N3O. The number of hydrogen-bond acceptors (Lipinski definition) is 3. The molecule has 10 heavy (non-hydrogen) atoms. The van der Waals surface area contributed by atoms with Crippen LogP contribution in [0.15, 0.2) is 0 Å². The normalized spacial score (nSPS) is 10.0. The zero-order valence-corrected chi connectivity index (χ0v) is 6.55. The molecular weight excluding hydrogens is 130 g/mol. The molecule has 0 bridgehead atoms. The number of amides is 1. The zero-order valence-electron chi connectivity index (χ0n) is 6.55. The summed E-state index contributed by atoms with van der Waals surface area (Å²) in [4.78, 5) is 10.7. The molecule has 0 saturated heterocycles. The molecule has 0 aliphatic heterocycles. The van der Waals surface area contributed by atoms with Gasteiger partial charge in [0.2, 0.25) is 5.91 Å². The van der Waals surface area contributed by atoms with Crippen LogP contribution in [0.2, 0.25) is 0 Å². The fourth-order valence-electron chi connectivity index (χ4n) is 0.630. The second kappa shape index (κ2) is 5.20. The van der Waals surface area contributed by atoms with E-state index in [0.29, 0.717) is 0 Å². The van der Waals surface area contributed by atoms with Crippen LogP contribution in [-0.4, -0.2) is 31.1 Å². The summed E-state index contributed by atoms with van der Waals surface area (Å²) in [6.45, 7) is 3.06. The lowest BCUT2D eigenvalue weighted by molar-refractivity contribution is -0.121. The first kappa shape index (κ1) is 9.39. The van der Waals surface area contributed by atoms with Gasteiger partial charge in [-0.05, 0) is 6.42 Å². The van der Waals surface area contributed by atoms with Gasteiger partial charge in [-0.1, -0.05) is 6.92 Å². The molecule has 60 valence electrons. The number of nitrogens with one attached hydrogen (secondary N) is 1. The van der Waals surface area contributed by atoms with Gasteiger partial charge in [-0.2, -0.15) is 0 Å². The van der Waals surface area contributed by atoms with Gasteiger partial charge in [0.15, 0.2) is 0 Å². The molecule has 0 rings (SSSR count). The highest BCUT2D eigenvalue weighted by Gasteiger charge is 2.01. The van der Waals surface area contributed by atoms with Gasteiger partial charge in [0.25, 0.3) is 0 Å². The van der Waals surface area contributed by atoms with Gasteiger partial charge in [0.05, 0.1) is 6.54 Å². The smallest absolute Gasteiger partial charge is 0.235 e. The molecule has 0 spiro atoms. The van der Waals surface area contributed by atoms with Crippen molar-refractivity contribution in [1.29, 1.82) is 0 Å². The molecule has 0 aliphatic carbocycles. The average Bonchev–Trinajstić information content (AvgIpc) is 1.88. The second-order valence-corrected chi connectivity index (χ2v) is 2.14. The Morgan fingerprint density at radius 1 is 1.70 bits per heavy atom. The Morgan fingerprint density at radius 2 is 2.30 bits per heavy atom. The maximum atomic E-state index is 10.7. The SMILES string of the molecule is CCCN(N)CC(=O)NC. The lowest BCUT2D eigenvalue weighted by Crippen LogP contribution is -2.40. The molecule has 0 aromatic rings. The summed E-state index contributed by atoms with van der Waals surface area (Å²) in [7, 11) is 1.60. The predicted molar refractivity (Wildman–Crippen MR) is 40.1 cm³/mol. The molecule has 0 radical (unpaired) electrons. The molecule has 1 amide bonds. The molecule has 0 aliphatic rings. The minimum atomic E-state index is -0.0454. The topological polar surface area (TPSA) is 58.4 Å². The van der Waals surface area contributed by atoms with Crippen molar-refractivity contribution in [1.82, 2.24) is 10.3 Å². The van der Waals surface area contributed by atoms with Crippen LogP contribution in [0.5, 0.6) is 0 Å². The van der Waals surface area contributed by atoms with E-state index >= 15 is 0 Å². The summed E-state index contributed by atoms with van der Waals surface area (Å²) in [5.74, 6) is 5.39. The van der Waals surface area contributed by atoms with Crippen LogP contribution in [0.1, 0.15) is 13.3 Å². The minimum Gasteiger partial charge on any atom is -0.358 e. The third-order valence-electron chi connectivity index (χ3n) is 1.14. The van der Waals surface area contributed by atoms with Crippen LogP contribution in [0.4, 0.5) is 0 Å². The molecule has 0 unspecified atom stereocenters. The van der Waals surface area contributed by atoms with Gasteiger partial charge in [-0.25, -0.2) is 5.01 Å². The van der Waals surface area contributed by atoms with Gasteiger partial charge in [-0.15, -0.1) is 0 Å². The van der Waals surface area contributed by atoms with Crippen molar-refractivity contribution >= 4 is 5.91 Å². The number of hydrazine groups is 1. The molecule has 0 fully saturated rings. The summed E-state index contributed by atoms with van der Waals surface area (Å²) in [5, 5.41) is 3.99. The number of nitrogens with two attached hydrogens (primary N) is 1. The number of rotatable bonds is 4. The highest BCUT2D eigenvalue weighted by molar-refractivity contribution is 5.77. The van der Waals surface area contributed by atoms with Gasteiger partial charge < -0.3 is 5.32 Å². The first-order valence-corrected chi connectivity index (χ1v) is 3.41. The van der Waals surface area contributed by atoms with Gasteiger partial charge in [0, 0.05) is 13.6 Å². The molecule has 0 heterocycles. The molecule has 4 nitrogen and oxygen atoms in total. The van der Waals surface area contributed by atoms with Crippen molar-refractivity contribution in [3.63, 3.8) is 0 Å². The number of carbonyl (C=O) groups excluding carboxylic acids is 1. The molecule has 0 saturated carbocycles. The summed E-state index contributed by atoms with van der Waals surface area (Å²) in [6.07, 6.45) is 0.966. The van der Waals surface area contributed by atoms with Crippen molar-refractivity contribution in [3.05, 3.63) is 0 Å². The highest BCUT2D eigenvalue weighted by Crippen LogP contribution is 1.80. The van der Waals surface area contributed by atoms with E-state index in [1.807, 2.05) is 6.92 Å². The largest absolute Gasteiger partial charge is 0.358 e. The Kier molecular flexibility index (Phi) is 4.88. The van der Waals surface area contributed by atoms with Crippen LogP contribution in [0.3, 0.4) is 0 Å². The van der Waals surface area contributed by atoms with Gasteiger partial charge in [0.1, 0.15) is 0 Å². The van der Waals surface area contributed by atoms with Crippen LogP contribution < -0.4 is 11.2 Å². The highest BCUT2D eigenvalue weighted by atomic mass is 16.2. The summed E-state index contributed by atoms with van der Waals surface area (Å²) >= 11 is 0. The Morgan fingerprint density at radius 3 is 2.70 bits per heavy atom. The number of nitrogens with zero attached hydrogens (tertiary/aromatic N) is 1. The van der Waals surface area contributed by atoms with Crippen molar-refractivity contribution in [2.75, 3.05) is 20.1 Å². The van der Waals surface area contributed by atoms with Gasteiger partial charge >= 0.3 is 0 Å². The molecule has 0 aromatic heterocycles. The summed E-state index contributed by atoms with van der Waals surface area (Å²) < 4.78 is 0. The predicted octanol–water partition coefficient (Wildman–Crippen LogP) is -0.682. The molecule has 3 N–H and O–H groups in total. The Bertz CT molecular complexity index is 105. The fourth-order valence-corrected chi connectivity index (χ4v) is 0.630. The van der Waals surface area contributed by atoms with E-state index in [4.69, 9.17) is 5.84 Å². The van der Waals surface area contributed by atoms with E-state index in [-0.39, 0.29) is 12.5 Å². The lowest BCUT2D eigenvalue weighted by Gasteiger charge is -2.12. The molecule has 4 heteroatoms. The van der Waals surface area contributed by atoms with Crippen molar-refractivity contribution < 1.29 is 4.79 Å². The van der Waals surface area contributed by atoms with E-state index in [1.165, 1.54) is 5.01 Å². The minimum absolute atomic E-state index is 0.0454. The van der Waals surface area contributed by atoms with E-state index in [0.717, 1.165) is 13.0 Å². The average molecular weight is 145 g/mol. The Hall–Kier alpha value is -0.610. The van der Waals surface area contributed by atoms with E-state index in [1.54, 1.807) is 7.05 Å². The van der Waals surface area contributed by atoms with E-state index in [9.17, 15) is 4.79 Å². The van der Waals surface area contributed by atoms with E-state index in [2.05, 4.69) is 5.32 Å². The number of hydrogen-bond donors (Lipinski definition) is 2. The molecule has 0 atom stereocenters. The maximum absolute atomic E-state index is 10.7. The summed E-state index contributed by atoms with van der Waals surface area (Å²) in [5.41, 5.74) is 0. The zero-order chi connectivity index (χ0) is 7.98. The van der Waals surface area contributed by atoms with Crippen LogP contribution in [0.25, 0.3) is 0 Å². The summed E-state index contributed by atoms with van der Waals surface area (Å²) in [6, 6.07) is 0. The lowest BCUT2D eigenvalue weighted by atomic mass is 10.4. The second-order valence-electron chi connectivity index (χ2n) is 2.14. The fraction of sp³-hybridized carbons (Fsp3) is 0.833. The van der Waals surface area contributed by atoms with Crippen LogP contribution in [-0.2, 0) is 4.79 Å². The first-order valence-electron chi connectivity index (χ1n) is 3.41. The Labute approximate surface area is 61.3 Å². The monoisotopic (exact) mass is 145 g/mol. The van der Waals surface area contributed by atoms with Crippen molar-refractivity contribution in [3.8, 4) is 0 Å². The number of carbonyl (C=O) groups is 1. The third kappa shape index (κ3) is 4.29. The van der Waals surface area contributed by atoms with Gasteiger partial charge in [-0.3, -0.25) is 10.6 Å². The first-order chi connectivity index (χ1) is 4.70. The Balaban J connectivity index is 3.37. The van der Waals surface area contributed by atoms with Crippen LogP contribution >= 0.6 is 0 Å². The van der Waals surface area contributed by atoms with Crippen LogP contribution in [0, 0.1) is 0 Å². The van der Waals surface area contributed by atoms with E-state index < -0.39 is 0 Å².